The van der Waals surface area contributed by atoms with Crippen molar-refractivity contribution in [2.45, 2.75) is 104 Å². The Hall–Kier alpha value is -6.32. The van der Waals surface area contributed by atoms with Crippen LogP contribution in [-0.4, -0.2) is 104 Å². The summed E-state index contributed by atoms with van der Waals surface area (Å²) in [5.74, 6) is 8.10. The van der Waals surface area contributed by atoms with Crippen molar-refractivity contribution < 1.29 is 52.6 Å². The summed E-state index contributed by atoms with van der Waals surface area (Å²) in [5.41, 5.74) is 1.23. The molecule has 2 unspecified atom stereocenters. The number of rotatable bonds is 4. The third kappa shape index (κ3) is 8.44. The summed E-state index contributed by atoms with van der Waals surface area (Å²) in [6, 6.07) is 8.07. The first-order valence-corrected chi connectivity index (χ1v) is 18.5. The molecule has 2 saturated heterocycles. The average molecular weight is 779 g/mol. The number of hydrogen-bond acceptors (Lipinski definition) is 11. The molecular formula is C42H42N4O11. The van der Waals surface area contributed by atoms with Crippen LogP contribution in [0.4, 0.5) is 9.59 Å². The largest absolute Gasteiger partial charge is 0.443 e. The Bertz CT molecular complexity index is 2070. The van der Waals surface area contributed by atoms with Gasteiger partial charge in [0.25, 0.3) is 23.6 Å². The number of nitrogens with zero attached hydrogens (tertiary/aromatic N) is 4. The van der Waals surface area contributed by atoms with Crippen LogP contribution in [0.25, 0.3) is 0 Å². The van der Waals surface area contributed by atoms with Crippen molar-refractivity contribution in [1.29, 1.82) is 0 Å². The van der Waals surface area contributed by atoms with E-state index in [1.165, 1.54) is 9.80 Å². The zero-order valence-electron chi connectivity index (χ0n) is 32.6. The van der Waals surface area contributed by atoms with Crippen molar-refractivity contribution in [2.24, 2.45) is 0 Å². The summed E-state index contributed by atoms with van der Waals surface area (Å²) in [5, 5.41) is 0. The van der Waals surface area contributed by atoms with Gasteiger partial charge in [-0.1, -0.05) is 35.8 Å². The smallest absolute Gasteiger partial charge is 0.424 e. The average Bonchev–Trinajstić information content (AvgIpc) is 3.63. The number of imide groups is 6. The van der Waals surface area contributed by atoms with Gasteiger partial charge in [-0.05, 0) is 89.8 Å². The van der Waals surface area contributed by atoms with Gasteiger partial charge in [0.05, 0.1) is 0 Å². The van der Waals surface area contributed by atoms with Gasteiger partial charge in [0.15, 0.2) is 0 Å². The number of amides is 8. The molecule has 0 aromatic heterocycles. The summed E-state index contributed by atoms with van der Waals surface area (Å²) in [6.07, 6.45) is -2.20. The van der Waals surface area contributed by atoms with E-state index in [2.05, 4.69) is 23.7 Å². The molecule has 2 aromatic carbocycles. The van der Waals surface area contributed by atoms with Crippen LogP contribution in [-0.2, 0) is 46.5 Å². The summed E-state index contributed by atoms with van der Waals surface area (Å²) in [4.78, 5) is 108. The molecule has 15 heteroatoms. The van der Waals surface area contributed by atoms with Crippen LogP contribution in [0.3, 0.4) is 0 Å². The Balaban J connectivity index is 1.06. The molecular weight excluding hydrogens is 736 g/mol. The van der Waals surface area contributed by atoms with Crippen LogP contribution < -0.4 is 0 Å². The van der Waals surface area contributed by atoms with Crippen molar-refractivity contribution in [3.8, 4) is 23.7 Å². The number of benzene rings is 2. The maximum Gasteiger partial charge on any atom is 0.424 e. The highest BCUT2D eigenvalue weighted by atomic mass is 16.6. The number of hydrogen-bond donors (Lipinski definition) is 0. The van der Waals surface area contributed by atoms with E-state index in [-0.39, 0.29) is 52.0 Å². The molecule has 0 bridgehead atoms. The third-order valence-electron chi connectivity index (χ3n) is 9.46. The molecule has 6 rings (SSSR count). The van der Waals surface area contributed by atoms with Gasteiger partial charge >= 0.3 is 12.2 Å². The van der Waals surface area contributed by atoms with E-state index in [0.29, 0.717) is 43.2 Å². The Morgan fingerprint density at radius 1 is 0.632 bits per heavy atom. The minimum absolute atomic E-state index is 0.0000994. The van der Waals surface area contributed by atoms with Gasteiger partial charge in [0.2, 0.25) is 11.8 Å². The Morgan fingerprint density at radius 3 is 1.39 bits per heavy atom. The fraction of sp³-hybridized carbons (Fsp3) is 0.429. The molecule has 2 fully saturated rings. The molecule has 0 spiro atoms. The van der Waals surface area contributed by atoms with Gasteiger partial charge in [-0.15, -0.1) is 0 Å². The molecule has 0 radical (unpaired) electrons. The fourth-order valence-corrected chi connectivity index (χ4v) is 6.97. The lowest BCUT2D eigenvalue weighted by Crippen LogP contribution is -2.57. The zero-order chi connectivity index (χ0) is 41.4. The molecule has 2 aromatic rings. The molecule has 0 N–H and O–H groups in total. The van der Waals surface area contributed by atoms with E-state index < -0.39 is 70.9 Å². The lowest BCUT2D eigenvalue weighted by atomic mass is 10.0. The predicted octanol–water partition coefficient (Wildman–Crippen LogP) is 3.92. The highest BCUT2D eigenvalue weighted by Gasteiger charge is 2.48. The molecule has 4 heterocycles. The first-order chi connectivity index (χ1) is 26.9. The SMILES string of the molecule is CC(C)(C)OC(=O)N1C(=O)CCC(N2Cc3c(C#CCOCC#Cc4cccc5c4CN(C4CCC(=O)N(C(=O)OC(C)(C)C)C4=O)C5=O)cccc3C2=O)C1=O. The molecule has 4 aliphatic rings. The lowest BCUT2D eigenvalue weighted by molar-refractivity contribution is -0.152. The third-order valence-corrected chi connectivity index (χ3v) is 9.46. The van der Waals surface area contributed by atoms with Gasteiger partial charge in [-0.25, -0.2) is 9.59 Å². The lowest BCUT2D eigenvalue weighted by Gasteiger charge is -2.35. The van der Waals surface area contributed by atoms with Crippen LogP contribution in [0.2, 0.25) is 0 Å². The van der Waals surface area contributed by atoms with Crippen molar-refractivity contribution in [2.75, 3.05) is 13.2 Å². The molecule has 0 saturated carbocycles. The van der Waals surface area contributed by atoms with E-state index >= 15 is 0 Å². The van der Waals surface area contributed by atoms with Crippen LogP contribution in [0.1, 0.15) is 110 Å². The maximum atomic E-state index is 13.4. The number of likely N-dealkylation sites (tertiary alicyclic amines) is 2. The summed E-state index contributed by atoms with van der Waals surface area (Å²) >= 11 is 0. The Labute approximate surface area is 329 Å². The summed E-state index contributed by atoms with van der Waals surface area (Å²) in [7, 11) is 0. The van der Waals surface area contributed by atoms with Crippen molar-refractivity contribution in [3.63, 3.8) is 0 Å². The summed E-state index contributed by atoms with van der Waals surface area (Å²) in [6.45, 7) is 9.86. The second-order valence-corrected chi connectivity index (χ2v) is 15.8. The minimum atomic E-state index is -1.07. The second-order valence-electron chi connectivity index (χ2n) is 15.8. The Morgan fingerprint density at radius 2 is 1.02 bits per heavy atom. The van der Waals surface area contributed by atoms with Crippen LogP contribution in [0, 0.1) is 23.7 Å². The van der Waals surface area contributed by atoms with E-state index in [0.717, 1.165) is 0 Å². The highest BCUT2D eigenvalue weighted by Crippen LogP contribution is 2.33. The number of ether oxygens (including phenoxy) is 3. The summed E-state index contributed by atoms with van der Waals surface area (Å²) < 4.78 is 16.2. The molecule has 2 atom stereocenters. The number of carbonyl (C=O) groups is 8. The Kier molecular flexibility index (Phi) is 11.1. The fourth-order valence-electron chi connectivity index (χ4n) is 6.97. The number of carbonyl (C=O) groups excluding carboxylic acids is 8. The van der Waals surface area contributed by atoms with Gasteiger partial charge in [-0.3, -0.25) is 28.8 Å². The molecule has 0 aliphatic carbocycles. The van der Waals surface area contributed by atoms with Crippen molar-refractivity contribution in [3.05, 3.63) is 69.8 Å². The van der Waals surface area contributed by atoms with Crippen molar-refractivity contribution >= 4 is 47.6 Å². The normalized spacial score (nSPS) is 19.5. The first-order valence-electron chi connectivity index (χ1n) is 18.5. The minimum Gasteiger partial charge on any atom is -0.443 e. The van der Waals surface area contributed by atoms with E-state index in [4.69, 9.17) is 14.2 Å². The molecule has 15 nitrogen and oxygen atoms in total. The second kappa shape index (κ2) is 15.7. The highest BCUT2D eigenvalue weighted by molar-refractivity contribution is 6.14. The molecule has 4 aliphatic heterocycles. The molecule has 57 heavy (non-hydrogen) atoms. The zero-order valence-corrected chi connectivity index (χ0v) is 32.6. The van der Waals surface area contributed by atoms with E-state index in [1.807, 2.05) is 0 Å². The van der Waals surface area contributed by atoms with Crippen LogP contribution in [0.5, 0.6) is 0 Å². The van der Waals surface area contributed by atoms with Gasteiger partial charge in [0, 0.05) is 48.2 Å². The quantitative estimate of drug-likeness (QED) is 0.250. The molecule has 8 amide bonds. The van der Waals surface area contributed by atoms with E-state index in [1.54, 1.807) is 77.9 Å². The van der Waals surface area contributed by atoms with Gasteiger partial charge in [-0.2, -0.15) is 9.80 Å². The monoisotopic (exact) mass is 778 g/mol. The van der Waals surface area contributed by atoms with Gasteiger partial charge in [0.1, 0.15) is 36.5 Å². The van der Waals surface area contributed by atoms with E-state index in [9.17, 15) is 38.4 Å². The molecule has 296 valence electrons. The van der Waals surface area contributed by atoms with Crippen LogP contribution >= 0.6 is 0 Å². The van der Waals surface area contributed by atoms with Crippen LogP contribution in [0.15, 0.2) is 36.4 Å². The number of piperidine rings is 2. The maximum absolute atomic E-state index is 13.4. The topological polar surface area (TPSA) is 177 Å². The van der Waals surface area contributed by atoms with Crippen molar-refractivity contribution in [1.82, 2.24) is 19.6 Å². The first kappa shape index (κ1) is 40.3. The number of fused-ring (bicyclic) bond motifs is 2. The standard InChI is InChI=1S/C42H42N4O11/c1-41(2,3)56-39(53)45-33(47)19-17-31(37(45)51)43-23-29-25(11-7-15-27(29)35(43)49)13-9-21-55-22-10-14-26-12-8-16-28-30(26)24-44(36(28)50)32-18-20-34(48)46(38(32)52)40(54)57-42(4,5)6/h7-8,11-12,15-16,31-32H,17-24H2,1-6H3. The predicted molar refractivity (Wildman–Crippen MR) is 199 cm³/mol. The van der Waals surface area contributed by atoms with Gasteiger partial charge < -0.3 is 24.0 Å².